The van der Waals surface area contributed by atoms with E-state index in [1.54, 1.807) is 7.05 Å². The SMILES string of the molecule is Cn1ncc(NC(=O)N2CCCN(CC3CCCCC3)CC2)cc1=O. The van der Waals surface area contributed by atoms with E-state index in [-0.39, 0.29) is 11.6 Å². The third-order valence-corrected chi connectivity index (χ3v) is 5.34. The molecule has 0 unspecified atom stereocenters. The van der Waals surface area contributed by atoms with Gasteiger partial charge in [-0.05, 0) is 31.7 Å². The summed E-state index contributed by atoms with van der Waals surface area (Å²) in [6.45, 7) is 4.66. The first-order valence-electron chi connectivity index (χ1n) is 9.43. The van der Waals surface area contributed by atoms with Crippen LogP contribution in [0.2, 0.25) is 0 Å². The second kappa shape index (κ2) is 8.47. The van der Waals surface area contributed by atoms with E-state index in [0.29, 0.717) is 5.69 Å². The largest absolute Gasteiger partial charge is 0.323 e. The van der Waals surface area contributed by atoms with Gasteiger partial charge in [-0.3, -0.25) is 4.79 Å². The van der Waals surface area contributed by atoms with Crippen LogP contribution in [-0.4, -0.2) is 58.3 Å². The van der Waals surface area contributed by atoms with Gasteiger partial charge in [0.15, 0.2) is 0 Å². The van der Waals surface area contributed by atoms with Crippen molar-refractivity contribution in [2.45, 2.75) is 38.5 Å². The Hall–Kier alpha value is -1.89. The highest BCUT2D eigenvalue weighted by Gasteiger charge is 2.22. The molecule has 138 valence electrons. The Morgan fingerprint density at radius 1 is 1.16 bits per heavy atom. The second-order valence-corrected chi connectivity index (χ2v) is 7.28. The summed E-state index contributed by atoms with van der Waals surface area (Å²) in [5, 5.41) is 6.73. The monoisotopic (exact) mass is 347 g/mol. The molecule has 0 radical (unpaired) electrons. The lowest BCUT2D eigenvalue weighted by Gasteiger charge is -2.28. The van der Waals surface area contributed by atoms with E-state index in [9.17, 15) is 9.59 Å². The van der Waals surface area contributed by atoms with Crippen LogP contribution in [0.1, 0.15) is 38.5 Å². The number of hydrogen-bond donors (Lipinski definition) is 1. The Morgan fingerprint density at radius 3 is 2.72 bits per heavy atom. The predicted molar refractivity (Wildman–Crippen MR) is 97.7 cm³/mol. The highest BCUT2D eigenvalue weighted by Crippen LogP contribution is 2.24. The molecule has 1 aromatic heterocycles. The van der Waals surface area contributed by atoms with Crippen LogP contribution in [0, 0.1) is 5.92 Å². The van der Waals surface area contributed by atoms with Gasteiger partial charge in [0.25, 0.3) is 5.56 Å². The lowest BCUT2D eigenvalue weighted by Crippen LogP contribution is -2.39. The van der Waals surface area contributed by atoms with Crippen molar-refractivity contribution in [3.8, 4) is 0 Å². The average molecular weight is 347 g/mol. The minimum atomic E-state index is -0.229. The van der Waals surface area contributed by atoms with Crippen molar-refractivity contribution in [3.05, 3.63) is 22.6 Å². The maximum Gasteiger partial charge on any atom is 0.321 e. The van der Waals surface area contributed by atoms with Crippen LogP contribution in [-0.2, 0) is 7.05 Å². The van der Waals surface area contributed by atoms with E-state index in [1.165, 1.54) is 55.6 Å². The van der Waals surface area contributed by atoms with Crippen LogP contribution in [0.15, 0.2) is 17.1 Å². The predicted octanol–water partition coefficient (Wildman–Crippen LogP) is 1.90. The van der Waals surface area contributed by atoms with Crippen LogP contribution >= 0.6 is 0 Å². The van der Waals surface area contributed by atoms with Crippen molar-refractivity contribution in [2.75, 3.05) is 38.0 Å². The Balaban J connectivity index is 1.50. The molecule has 0 aromatic carbocycles. The Kier molecular flexibility index (Phi) is 6.07. The van der Waals surface area contributed by atoms with Crippen molar-refractivity contribution in [1.29, 1.82) is 0 Å². The molecular weight excluding hydrogens is 318 g/mol. The van der Waals surface area contributed by atoms with Crippen LogP contribution in [0.4, 0.5) is 10.5 Å². The number of anilines is 1. The topological polar surface area (TPSA) is 70.5 Å². The van der Waals surface area contributed by atoms with Gasteiger partial charge in [0.1, 0.15) is 0 Å². The van der Waals surface area contributed by atoms with Crippen molar-refractivity contribution in [1.82, 2.24) is 19.6 Å². The third-order valence-electron chi connectivity index (χ3n) is 5.34. The Bertz CT molecular complexity index is 639. The van der Waals surface area contributed by atoms with E-state index in [4.69, 9.17) is 0 Å². The van der Waals surface area contributed by atoms with Gasteiger partial charge >= 0.3 is 6.03 Å². The number of nitrogens with one attached hydrogen (secondary N) is 1. The summed E-state index contributed by atoms with van der Waals surface area (Å²) >= 11 is 0. The van der Waals surface area contributed by atoms with Gasteiger partial charge in [0.05, 0.1) is 11.9 Å². The molecule has 2 heterocycles. The minimum absolute atomic E-state index is 0.144. The van der Waals surface area contributed by atoms with Gasteiger partial charge in [0, 0.05) is 39.3 Å². The summed E-state index contributed by atoms with van der Waals surface area (Å²) < 4.78 is 1.24. The van der Waals surface area contributed by atoms with E-state index in [0.717, 1.165) is 38.5 Å². The molecule has 1 aliphatic heterocycles. The molecule has 0 spiro atoms. The van der Waals surface area contributed by atoms with Gasteiger partial charge in [-0.15, -0.1) is 0 Å². The summed E-state index contributed by atoms with van der Waals surface area (Å²) in [5.74, 6) is 0.834. The molecule has 7 nitrogen and oxygen atoms in total. The molecule has 1 aromatic rings. The number of amides is 2. The van der Waals surface area contributed by atoms with Gasteiger partial charge in [0.2, 0.25) is 0 Å². The molecule has 25 heavy (non-hydrogen) atoms. The fourth-order valence-electron chi connectivity index (χ4n) is 3.83. The first kappa shape index (κ1) is 17.9. The Morgan fingerprint density at radius 2 is 1.96 bits per heavy atom. The maximum absolute atomic E-state index is 12.5. The van der Waals surface area contributed by atoms with Crippen LogP contribution in [0.5, 0.6) is 0 Å². The first-order valence-corrected chi connectivity index (χ1v) is 9.43. The number of nitrogens with zero attached hydrogens (tertiary/aromatic N) is 4. The summed E-state index contributed by atoms with van der Waals surface area (Å²) in [5.41, 5.74) is 0.226. The quantitative estimate of drug-likeness (QED) is 0.907. The maximum atomic E-state index is 12.5. The van der Waals surface area contributed by atoms with Gasteiger partial charge in [-0.2, -0.15) is 5.10 Å². The molecule has 1 aliphatic carbocycles. The standard InChI is InChI=1S/C18H29N5O2/c1-21-17(24)12-16(13-19-21)20-18(25)23-9-5-8-22(10-11-23)14-15-6-3-2-4-7-15/h12-13,15H,2-11,14H2,1H3,(H,20,25). The molecule has 1 saturated heterocycles. The molecule has 2 aliphatic rings. The van der Waals surface area contributed by atoms with Crippen molar-refractivity contribution >= 4 is 11.7 Å². The fourth-order valence-corrected chi connectivity index (χ4v) is 3.83. The zero-order valence-corrected chi connectivity index (χ0v) is 15.1. The number of carbonyl (C=O) groups excluding carboxylic acids is 1. The van der Waals surface area contributed by atoms with Crippen LogP contribution < -0.4 is 10.9 Å². The fraction of sp³-hybridized carbons (Fsp3) is 0.722. The third kappa shape index (κ3) is 5.04. The molecule has 2 fully saturated rings. The molecule has 0 atom stereocenters. The van der Waals surface area contributed by atoms with E-state index in [1.807, 2.05) is 4.90 Å². The van der Waals surface area contributed by atoms with Crippen molar-refractivity contribution in [2.24, 2.45) is 13.0 Å². The lowest BCUT2D eigenvalue weighted by molar-refractivity contribution is 0.197. The molecule has 1 saturated carbocycles. The smallest absolute Gasteiger partial charge is 0.321 e. The van der Waals surface area contributed by atoms with E-state index in [2.05, 4.69) is 15.3 Å². The minimum Gasteiger partial charge on any atom is -0.323 e. The first-order chi connectivity index (χ1) is 12.1. The molecule has 0 bridgehead atoms. The summed E-state index contributed by atoms with van der Waals surface area (Å²) in [6.07, 6.45) is 9.35. The highest BCUT2D eigenvalue weighted by molar-refractivity contribution is 5.89. The Labute approximate surface area is 149 Å². The summed E-state index contributed by atoms with van der Waals surface area (Å²) in [4.78, 5) is 28.4. The molecule has 1 N–H and O–H groups in total. The van der Waals surface area contributed by atoms with E-state index < -0.39 is 0 Å². The van der Waals surface area contributed by atoms with Gasteiger partial charge in [-0.25, -0.2) is 9.48 Å². The number of aromatic nitrogens is 2. The van der Waals surface area contributed by atoms with Crippen LogP contribution in [0.25, 0.3) is 0 Å². The second-order valence-electron chi connectivity index (χ2n) is 7.28. The van der Waals surface area contributed by atoms with E-state index >= 15 is 0 Å². The number of carbonyl (C=O) groups is 1. The molecule has 7 heteroatoms. The van der Waals surface area contributed by atoms with Gasteiger partial charge in [-0.1, -0.05) is 19.3 Å². The molecular formula is C18H29N5O2. The van der Waals surface area contributed by atoms with Gasteiger partial charge < -0.3 is 15.1 Å². The molecule has 3 rings (SSSR count). The lowest BCUT2D eigenvalue weighted by atomic mass is 9.89. The number of rotatable bonds is 3. The number of hydrogen-bond acceptors (Lipinski definition) is 4. The highest BCUT2D eigenvalue weighted by atomic mass is 16.2. The number of aryl methyl sites for hydroxylation is 1. The van der Waals surface area contributed by atoms with Crippen molar-refractivity contribution in [3.63, 3.8) is 0 Å². The zero-order chi connectivity index (χ0) is 17.6. The zero-order valence-electron chi connectivity index (χ0n) is 15.1. The average Bonchev–Trinajstić information content (AvgIpc) is 2.85. The van der Waals surface area contributed by atoms with Crippen molar-refractivity contribution < 1.29 is 4.79 Å². The number of urea groups is 1. The molecule has 2 amide bonds. The normalized spacial score (nSPS) is 20.3. The van der Waals surface area contributed by atoms with Crippen LogP contribution in [0.3, 0.4) is 0 Å². The summed E-state index contributed by atoms with van der Waals surface area (Å²) in [6, 6.07) is 1.26. The summed E-state index contributed by atoms with van der Waals surface area (Å²) in [7, 11) is 1.59.